The van der Waals surface area contributed by atoms with Crippen molar-refractivity contribution in [1.82, 2.24) is 19.7 Å². The van der Waals surface area contributed by atoms with Crippen LogP contribution in [0.2, 0.25) is 5.02 Å². The topological polar surface area (TPSA) is 94.1 Å². The van der Waals surface area contributed by atoms with Gasteiger partial charge in [-0.15, -0.1) is 0 Å². The number of aromatic amines is 1. The standard InChI is InChI=1S/C21H18ClN5O3/c22-16-10-13(11-17-18(16)30-9-8-29-17)6-7-23-21-25-19-15(20(28)26-21)12-24-27(19)14-4-2-1-3-5-14/h1-5,10-12H,6-9H2,(H2,23,25,26,28). The van der Waals surface area contributed by atoms with Crippen LogP contribution in [0.3, 0.4) is 0 Å². The molecule has 0 saturated carbocycles. The number of aromatic nitrogens is 4. The van der Waals surface area contributed by atoms with Gasteiger partial charge in [-0.1, -0.05) is 29.8 Å². The fourth-order valence-electron chi connectivity index (χ4n) is 3.39. The molecular formula is C21H18ClN5O3. The zero-order valence-electron chi connectivity index (χ0n) is 15.9. The Balaban J connectivity index is 1.36. The van der Waals surface area contributed by atoms with E-state index in [1.54, 1.807) is 4.68 Å². The number of nitrogens with zero attached hydrogens (tertiary/aromatic N) is 3. The Labute approximate surface area is 176 Å². The third-order valence-electron chi connectivity index (χ3n) is 4.80. The first-order chi connectivity index (χ1) is 14.7. The number of hydrogen-bond acceptors (Lipinski definition) is 6. The zero-order chi connectivity index (χ0) is 20.5. The summed E-state index contributed by atoms with van der Waals surface area (Å²) >= 11 is 6.30. The SMILES string of the molecule is O=c1[nH]c(NCCc2cc(Cl)c3c(c2)OCCO3)nc2c1cnn2-c1ccccc1. The highest BCUT2D eigenvalue weighted by Gasteiger charge is 2.17. The van der Waals surface area contributed by atoms with Crippen LogP contribution in [-0.4, -0.2) is 39.5 Å². The van der Waals surface area contributed by atoms with E-state index in [1.807, 2.05) is 42.5 Å². The second kappa shape index (κ2) is 7.72. The van der Waals surface area contributed by atoms with Crippen LogP contribution in [0.25, 0.3) is 16.7 Å². The van der Waals surface area contributed by atoms with Gasteiger partial charge in [-0.3, -0.25) is 9.78 Å². The molecule has 30 heavy (non-hydrogen) atoms. The average molecular weight is 424 g/mol. The average Bonchev–Trinajstić information content (AvgIpc) is 3.19. The number of para-hydroxylation sites is 1. The molecule has 8 nitrogen and oxygen atoms in total. The van der Waals surface area contributed by atoms with Gasteiger partial charge in [-0.05, 0) is 36.2 Å². The Kier molecular flexibility index (Phi) is 4.76. The molecule has 1 aliphatic rings. The first-order valence-electron chi connectivity index (χ1n) is 9.54. The van der Waals surface area contributed by atoms with Crippen molar-refractivity contribution in [3.8, 4) is 17.2 Å². The molecule has 9 heteroatoms. The normalized spacial score (nSPS) is 12.8. The molecule has 5 rings (SSSR count). The largest absolute Gasteiger partial charge is 0.486 e. The monoisotopic (exact) mass is 423 g/mol. The number of nitrogens with one attached hydrogen (secondary N) is 2. The van der Waals surface area contributed by atoms with Crippen molar-refractivity contribution in [1.29, 1.82) is 0 Å². The molecule has 0 aliphatic carbocycles. The van der Waals surface area contributed by atoms with Gasteiger partial charge >= 0.3 is 0 Å². The molecule has 2 aromatic carbocycles. The summed E-state index contributed by atoms with van der Waals surface area (Å²) in [4.78, 5) is 19.8. The van der Waals surface area contributed by atoms with Gasteiger partial charge in [0.25, 0.3) is 5.56 Å². The highest BCUT2D eigenvalue weighted by Crippen LogP contribution is 2.38. The number of fused-ring (bicyclic) bond motifs is 2. The molecule has 3 heterocycles. The second-order valence-electron chi connectivity index (χ2n) is 6.82. The van der Waals surface area contributed by atoms with E-state index in [4.69, 9.17) is 21.1 Å². The van der Waals surface area contributed by atoms with Gasteiger partial charge in [0.15, 0.2) is 17.1 Å². The Morgan fingerprint density at radius 1 is 1.17 bits per heavy atom. The Hall–Kier alpha value is -3.52. The van der Waals surface area contributed by atoms with E-state index in [1.165, 1.54) is 6.20 Å². The van der Waals surface area contributed by atoms with E-state index in [0.29, 0.717) is 59.7 Å². The molecule has 2 aromatic heterocycles. The van der Waals surface area contributed by atoms with Crippen molar-refractivity contribution in [2.75, 3.05) is 25.1 Å². The highest BCUT2D eigenvalue weighted by molar-refractivity contribution is 6.32. The van der Waals surface area contributed by atoms with E-state index < -0.39 is 0 Å². The van der Waals surface area contributed by atoms with E-state index >= 15 is 0 Å². The molecule has 0 saturated heterocycles. The number of rotatable bonds is 5. The van der Waals surface area contributed by atoms with Gasteiger partial charge in [-0.25, -0.2) is 4.68 Å². The number of hydrogen-bond donors (Lipinski definition) is 2. The summed E-state index contributed by atoms with van der Waals surface area (Å²) in [5.41, 5.74) is 2.08. The molecule has 152 valence electrons. The summed E-state index contributed by atoms with van der Waals surface area (Å²) < 4.78 is 12.8. The first kappa shape index (κ1) is 18.5. The van der Waals surface area contributed by atoms with E-state index in [9.17, 15) is 4.79 Å². The van der Waals surface area contributed by atoms with Gasteiger partial charge in [-0.2, -0.15) is 10.1 Å². The summed E-state index contributed by atoms with van der Waals surface area (Å²) in [5, 5.41) is 8.45. The van der Waals surface area contributed by atoms with Gasteiger partial charge in [0.05, 0.1) is 16.9 Å². The van der Waals surface area contributed by atoms with Gasteiger partial charge in [0.1, 0.15) is 18.6 Å². The molecule has 1 aliphatic heterocycles. The van der Waals surface area contributed by atoms with Crippen molar-refractivity contribution in [3.05, 3.63) is 69.6 Å². The maximum Gasteiger partial charge on any atom is 0.263 e. The Morgan fingerprint density at radius 2 is 2.00 bits per heavy atom. The molecule has 0 unspecified atom stereocenters. The van der Waals surface area contributed by atoms with Crippen LogP contribution >= 0.6 is 11.6 Å². The van der Waals surface area contributed by atoms with Crippen molar-refractivity contribution in [2.24, 2.45) is 0 Å². The van der Waals surface area contributed by atoms with Crippen LogP contribution in [0.4, 0.5) is 5.95 Å². The molecule has 0 amide bonds. The third-order valence-corrected chi connectivity index (χ3v) is 5.08. The van der Waals surface area contributed by atoms with E-state index in [0.717, 1.165) is 11.3 Å². The lowest BCUT2D eigenvalue weighted by molar-refractivity contribution is 0.171. The molecule has 0 bridgehead atoms. The van der Waals surface area contributed by atoms with E-state index in [-0.39, 0.29) is 5.56 Å². The van der Waals surface area contributed by atoms with Crippen molar-refractivity contribution in [2.45, 2.75) is 6.42 Å². The lowest BCUT2D eigenvalue weighted by Crippen LogP contribution is -2.17. The molecule has 0 atom stereocenters. The summed E-state index contributed by atoms with van der Waals surface area (Å²) in [6, 6.07) is 13.3. The summed E-state index contributed by atoms with van der Waals surface area (Å²) in [6.45, 7) is 1.55. The van der Waals surface area contributed by atoms with Gasteiger partial charge in [0.2, 0.25) is 5.95 Å². The van der Waals surface area contributed by atoms with Crippen LogP contribution in [0.1, 0.15) is 5.56 Å². The highest BCUT2D eigenvalue weighted by atomic mass is 35.5. The fourth-order valence-corrected chi connectivity index (χ4v) is 3.68. The van der Waals surface area contributed by atoms with Crippen LogP contribution < -0.4 is 20.3 Å². The third kappa shape index (κ3) is 3.46. The summed E-state index contributed by atoms with van der Waals surface area (Å²) in [6.07, 6.45) is 2.19. The predicted molar refractivity (Wildman–Crippen MR) is 114 cm³/mol. The van der Waals surface area contributed by atoms with Gasteiger partial charge < -0.3 is 14.8 Å². The minimum atomic E-state index is -0.243. The second-order valence-corrected chi connectivity index (χ2v) is 7.23. The summed E-state index contributed by atoms with van der Waals surface area (Å²) in [5.74, 6) is 1.63. The quantitative estimate of drug-likeness (QED) is 0.512. The number of ether oxygens (including phenoxy) is 2. The molecular weight excluding hydrogens is 406 g/mol. The predicted octanol–water partition coefficient (Wildman–Crippen LogP) is 3.19. The van der Waals surface area contributed by atoms with Crippen LogP contribution in [0.5, 0.6) is 11.5 Å². The van der Waals surface area contributed by atoms with E-state index in [2.05, 4.69) is 20.4 Å². The van der Waals surface area contributed by atoms with Crippen molar-refractivity contribution >= 4 is 28.6 Å². The molecule has 2 N–H and O–H groups in total. The maximum absolute atomic E-state index is 12.4. The Bertz CT molecular complexity index is 1270. The number of benzene rings is 2. The zero-order valence-corrected chi connectivity index (χ0v) is 16.6. The molecule has 0 fully saturated rings. The molecule has 4 aromatic rings. The number of H-pyrrole nitrogens is 1. The number of anilines is 1. The van der Waals surface area contributed by atoms with Crippen molar-refractivity contribution in [3.63, 3.8) is 0 Å². The fraction of sp³-hybridized carbons (Fsp3) is 0.190. The Morgan fingerprint density at radius 3 is 2.87 bits per heavy atom. The van der Waals surface area contributed by atoms with Gasteiger partial charge in [0, 0.05) is 6.54 Å². The minimum absolute atomic E-state index is 0.243. The number of halogens is 1. The van der Waals surface area contributed by atoms with Crippen LogP contribution in [0, 0.1) is 0 Å². The first-order valence-corrected chi connectivity index (χ1v) is 9.92. The minimum Gasteiger partial charge on any atom is -0.486 e. The molecule has 0 spiro atoms. The smallest absolute Gasteiger partial charge is 0.263 e. The lowest BCUT2D eigenvalue weighted by Gasteiger charge is -2.20. The van der Waals surface area contributed by atoms with Crippen LogP contribution in [0.15, 0.2) is 53.5 Å². The van der Waals surface area contributed by atoms with Crippen molar-refractivity contribution < 1.29 is 9.47 Å². The maximum atomic E-state index is 12.4. The lowest BCUT2D eigenvalue weighted by atomic mass is 10.1. The summed E-state index contributed by atoms with van der Waals surface area (Å²) in [7, 11) is 0. The van der Waals surface area contributed by atoms with Crippen LogP contribution in [-0.2, 0) is 6.42 Å². The molecule has 0 radical (unpaired) electrons.